The molecule has 1 atom stereocenters. The summed E-state index contributed by atoms with van der Waals surface area (Å²) >= 11 is 0. The van der Waals surface area contributed by atoms with E-state index in [1.165, 1.54) is 39.2 Å². The van der Waals surface area contributed by atoms with Crippen molar-refractivity contribution in [3.63, 3.8) is 0 Å². The maximum Gasteiger partial charge on any atom is 0.267 e. The molecule has 1 unspecified atom stereocenters. The standard InChI is InChI=1S/C33H38N4O3/c1-36(2)18-19-40-28-7-5-6-25(21-28)23-37(17-16-27-22-34-31-9-4-3-8-29(27)31)32-14-12-26-20-24(10-13-30(26)32)11-15-33(38)35-39/h3-11,13,15,20-22,32,34,39H,12,14,16-19,23H2,1-2H3,(H,35,38)/b15-11+. The summed E-state index contributed by atoms with van der Waals surface area (Å²) in [7, 11) is 4.10. The van der Waals surface area contributed by atoms with E-state index >= 15 is 0 Å². The van der Waals surface area contributed by atoms with Crippen LogP contribution in [-0.2, 0) is 24.2 Å². The number of likely N-dealkylation sites (N-methyl/N-ethyl adjacent to an activating group) is 1. The second-order valence-corrected chi connectivity index (χ2v) is 10.7. The van der Waals surface area contributed by atoms with Crippen molar-refractivity contribution in [3.8, 4) is 5.75 Å². The van der Waals surface area contributed by atoms with Gasteiger partial charge in [-0.1, -0.05) is 48.5 Å². The highest BCUT2D eigenvalue weighted by atomic mass is 16.5. The molecule has 3 N–H and O–H groups in total. The minimum absolute atomic E-state index is 0.303. The highest BCUT2D eigenvalue weighted by Crippen LogP contribution is 2.38. The third-order valence-electron chi connectivity index (χ3n) is 7.63. The number of aromatic nitrogens is 1. The van der Waals surface area contributed by atoms with Crippen LogP contribution in [0.2, 0.25) is 0 Å². The number of aromatic amines is 1. The van der Waals surface area contributed by atoms with Crippen molar-refractivity contribution in [1.82, 2.24) is 20.3 Å². The Morgan fingerprint density at radius 3 is 2.83 bits per heavy atom. The number of aryl methyl sites for hydroxylation is 1. The van der Waals surface area contributed by atoms with Crippen molar-refractivity contribution < 1.29 is 14.7 Å². The van der Waals surface area contributed by atoms with Gasteiger partial charge in [-0.05, 0) is 85.5 Å². The molecule has 40 heavy (non-hydrogen) atoms. The predicted octanol–water partition coefficient (Wildman–Crippen LogP) is 5.36. The molecule has 0 radical (unpaired) electrons. The fourth-order valence-corrected chi connectivity index (χ4v) is 5.57. The Balaban J connectivity index is 1.37. The van der Waals surface area contributed by atoms with Gasteiger partial charge in [0.25, 0.3) is 5.91 Å². The Morgan fingerprint density at radius 2 is 1.98 bits per heavy atom. The summed E-state index contributed by atoms with van der Waals surface area (Å²) in [5.41, 5.74) is 9.01. The molecule has 7 nitrogen and oxygen atoms in total. The smallest absolute Gasteiger partial charge is 0.267 e. The number of carbonyl (C=O) groups is 1. The normalized spacial score (nSPS) is 14.9. The highest BCUT2D eigenvalue weighted by Gasteiger charge is 2.28. The highest BCUT2D eigenvalue weighted by molar-refractivity contribution is 5.90. The molecule has 208 valence electrons. The van der Waals surface area contributed by atoms with Crippen molar-refractivity contribution in [3.05, 3.63) is 107 Å². The molecule has 1 heterocycles. The summed E-state index contributed by atoms with van der Waals surface area (Å²) in [5.74, 6) is 0.376. The Kier molecular flexibility index (Phi) is 8.96. The van der Waals surface area contributed by atoms with Crippen LogP contribution in [-0.4, -0.2) is 59.7 Å². The van der Waals surface area contributed by atoms with E-state index in [1.54, 1.807) is 11.6 Å². The first kappa shape index (κ1) is 27.6. The number of ether oxygens (including phenoxy) is 1. The molecule has 0 aliphatic heterocycles. The van der Waals surface area contributed by atoms with Crippen LogP contribution in [0.4, 0.5) is 0 Å². The van der Waals surface area contributed by atoms with Gasteiger partial charge in [0.05, 0.1) is 0 Å². The number of nitrogens with zero attached hydrogens (tertiary/aromatic N) is 2. The molecule has 0 saturated heterocycles. The minimum atomic E-state index is -0.533. The molecule has 3 aromatic carbocycles. The average Bonchev–Trinajstić information content (AvgIpc) is 3.58. The number of fused-ring (bicyclic) bond motifs is 2. The molecule has 0 fully saturated rings. The minimum Gasteiger partial charge on any atom is -0.492 e. The van der Waals surface area contributed by atoms with Crippen LogP contribution in [0, 0.1) is 0 Å². The van der Waals surface area contributed by atoms with Crippen molar-refractivity contribution in [1.29, 1.82) is 0 Å². The summed E-state index contributed by atoms with van der Waals surface area (Å²) < 4.78 is 6.03. The Hall–Kier alpha value is -3.91. The van der Waals surface area contributed by atoms with Gasteiger partial charge in [0, 0.05) is 48.9 Å². The van der Waals surface area contributed by atoms with Crippen LogP contribution in [0.1, 0.15) is 40.3 Å². The van der Waals surface area contributed by atoms with Crippen LogP contribution in [0.5, 0.6) is 5.75 Å². The van der Waals surface area contributed by atoms with Crippen molar-refractivity contribution >= 4 is 22.9 Å². The SMILES string of the molecule is CN(C)CCOc1cccc(CN(CCc2c[nH]c3ccccc23)C2CCc3cc(/C=C/C(=O)NO)ccc32)c1. The van der Waals surface area contributed by atoms with Crippen molar-refractivity contribution in [2.75, 3.05) is 33.8 Å². The van der Waals surface area contributed by atoms with Crippen LogP contribution in [0.15, 0.2) is 79.0 Å². The monoisotopic (exact) mass is 538 g/mol. The van der Waals surface area contributed by atoms with Crippen molar-refractivity contribution in [2.45, 2.75) is 31.8 Å². The van der Waals surface area contributed by atoms with E-state index in [0.29, 0.717) is 12.6 Å². The van der Waals surface area contributed by atoms with E-state index in [1.807, 2.05) is 6.07 Å². The fraction of sp³-hybridized carbons (Fsp3) is 0.303. The third-order valence-corrected chi connectivity index (χ3v) is 7.63. The van der Waals surface area contributed by atoms with E-state index in [4.69, 9.17) is 9.94 Å². The van der Waals surface area contributed by atoms with Gasteiger partial charge in [-0.2, -0.15) is 0 Å². The first-order chi connectivity index (χ1) is 19.5. The van der Waals surface area contributed by atoms with Gasteiger partial charge in [-0.15, -0.1) is 0 Å². The van der Waals surface area contributed by atoms with Gasteiger partial charge < -0.3 is 14.6 Å². The van der Waals surface area contributed by atoms with Crippen LogP contribution >= 0.6 is 0 Å². The molecule has 7 heteroatoms. The van der Waals surface area contributed by atoms with Crippen LogP contribution in [0.25, 0.3) is 17.0 Å². The maximum absolute atomic E-state index is 11.4. The van der Waals surface area contributed by atoms with Crippen molar-refractivity contribution in [2.24, 2.45) is 0 Å². The number of hydrogen-bond donors (Lipinski definition) is 3. The van der Waals surface area contributed by atoms with E-state index < -0.39 is 5.91 Å². The number of benzene rings is 3. The quantitative estimate of drug-likeness (QED) is 0.129. The molecule has 0 bridgehead atoms. The summed E-state index contributed by atoms with van der Waals surface area (Å²) in [6.07, 6.45) is 8.21. The topological polar surface area (TPSA) is 80.8 Å². The number of carbonyl (C=O) groups excluding carboxylic acids is 1. The molecular formula is C33H38N4O3. The molecule has 1 aromatic heterocycles. The maximum atomic E-state index is 11.4. The van der Waals surface area contributed by atoms with Crippen LogP contribution in [0.3, 0.4) is 0 Å². The fourth-order valence-electron chi connectivity index (χ4n) is 5.57. The summed E-state index contributed by atoms with van der Waals surface area (Å²) in [4.78, 5) is 19.6. The van der Waals surface area contributed by atoms with Gasteiger partial charge in [0.15, 0.2) is 0 Å². The van der Waals surface area contributed by atoms with E-state index in [0.717, 1.165) is 50.2 Å². The number of amides is 1. The zero-order chi connectivity index (χ0) is 27.9. The lowest BCUT2D eigenvalue weighted by atomic mass is 10.0. The number of nitrogens with one attached hydrogen (secondary N) is 2. The lowest BCUT2D eigenvalue weighted by molar-refractivity contribution is -0.124. The van der Waals surface area contributed by atoms with Gasteiger partial charge in [0.2, 0.25) is 0 Å². The second-order valence-electron chi connectivity index (χ2n) is 10.7. The number of H-pyrrole nitrogens is 1. The molecule has 0 saturated carbocycles. The zero-order valence-corrected chi connectivity index (χ0v) is 23.3. The lowest BCUT2D eigenvalue weighted by Crippen LogP contribution is -2.29. The first-order valence-electron chi connectivity index (χ1n) is 13.9. The Bertz CT molecular complexity index is 1480. The summed E-state index contributed by atoms with van der Waals surface area (Å²) in [5, 5.41) is 10.1. The largest absolute Gasteiger partial charge is 0.492 e. The van der Waals surface area contributed by atoms with Gasteiger partial charge in [-0.3, -0.25) is 14.9 Å². The summed E-state index contributed by atoms with van der Waals surface area (Å²) in [6.45, 7) is 3.29. The molecule has 5 rings (SSSR count). The van der Waals surface area contributed by atoms with Gasteiger partial charge in [-0.25, -0.2) is 5.48 Å². The third kappa shape index (κ3) is 6.80. The number of hydrogen-bond acceptors (Lipinski definition) is 5. The number of para-hydroxylation sites is 1. The molecule has 1 amide bonds. The Labute approximate surface area is 236 Å². The molecule has 4 aromatic rings. The average molecular weight is 539 g/mol. The molecule has 1 aliphatic rings. The first-order valence-corrected chi connectivity index (χ1v) is 13.9. The molecular weight excluding hydrogens is 500 g/mol. The van der Waals surface area contributed by atoms with Gasteiger partial charge in [0.1, 0.15) is 12.4 Å². The lowest BCUT2D eigenvalue weighted by Gasteiger charge is -2.30. The molecule has 1 aliphatic carbocycles. The predicted molar refractivity (Wildman–Crippen MR) is 159 cm³/mol. The second kappa shape index (κ2) is 13.0. The zero-order valence-electron chi connectivity index (χ0n) is 23.3. The van der Waals surface area contributed by atoms with E-state index in [2.05, 4.69) is 95.7 Å². The molecule has 0 spiro atoms. The van der Waals surface area contributed by atoms with Crippen LogP contribution < -0.4 is 10.2 Å². The number of hydroxylamine groups is 1. The van der Waals surface area contributed by atoms with E-state index in [-0.39, 0.29) is 0 Å². The van der Waals surface area contributed by atoms with Gasteiger partial charge >= 0.3 is 0 Å². The van der Waals surface area contributed by atoms with E-state index in [9.17, 15) is 4.79 Å². The Morgan fingerprint density at radius 1 is 1.10 bits per heavy atom. The summed E-state index contributed by atoms with van der Waals surface area (Å²) in [6, 6.07) is 23.7. The number of rotatable bonds is 12.